The highest BCUT2D eigenvalue weighted by Gasteiger charge is 2.18. The lowest BCUT2D eigenvalue weighted by Crippen LogP contribution is -2.16. The van der Waals surface area contributed by atoms with Gasteiger partial charge >= 0.3 is 11.6 Å². The monoisotopic (exact) mass is 288 g/mol. The van der Waals surface area contributed by atoms with Crippen molar-refractivity contribution in [2.45, 2.75) is 19.8 Å². The van der Waals surface area contributed by atoms with Gasteiger partial charge in [-0.2, -0.15) is 0 Å². The number of aromatic hydroxyl groups is 1. The Morgan fingerprint density at radius 1 is 1.43 bits per heavy atom. The van der Waals surface area contributed by atoms with Gasteiger partial charge in [0.05, 0.1) is 19.1 Å². The topological polar surface area (TPSA) is 76.7 Å². The molecule has 0 fully saturated rings. The quantitative estimate of drug-likeness (QED) is 0.530. The van der Waals surface area contributed by atoms with E-state index in [1.54, 1.807) is 19.1 Å². The fraction of sp³-hybridized carbons (Fsp3) is 0.250. The van der Waals surface area contributed by atoms with Crippen molar-refractivity contribution < 1.29 is 19.1 Å². The Morgan fingerprint density at radius 2 is 2.14 bits per heavy atom. The predicted molar refractivity (Wildman–Crippen MR) is 78.5 cm³/mol. The van der Waals surface area contributed by atoms with Crippen molar-refractivity contribution in [1.29, 1.82) is 0 Å². The third-order valence-electron chi connectivity index (χ3n) is 3.43. The smallest absolute Gasteiger partial charge is 0.340 e. The highest BCUT2D eigenvalue weighted by molar-refractivity contribution is 5.87. The highest BCUT2D eigenvalue weighted by atomic mass is 16.5. The third-order valence-corrected chi connectivity index (χ3v) is 3.43. The standard InChI is InChI=1S/C16H16O5/c1-4-5-11-13(17)7-6-10-9(2)12(8-14(18)20-3)16(19)21-15(10)11/h4,6-7,17H,1,5,8H2,2-3H3. The van der Waals surface area contributed by atoms with Gasteiger partial charge in [-0.3, -0.25) is 4.79 Å². The van der Waals surface area contributed by atoms with Crippen molar-refractivity contribution >= 4 is 16.9 Å². The van der Waals surface area contributed by atoms with Gasteiger partial charge in [-0.15, -0.1) is 6.58 Å². The molecule has 5 heteroatoms. The van der Waals surface area contributed by atoms with Crippen LogP contribution < -0.4 is 5.63 Å². The Hall–Kier alpha value is -2.56. The number of rotatable bonds is 4. The van der Waals surface area contributed by atoms with Gasteiger partial charge in [-0.25, -0.2) is 4.79 Å². The van der Waals surface area contributed by atoms with Crippen LogP contribution in [-0.2, 0) is 22.4 Å². The molecule has 2 rings (SSSR count). The molecule has 110 valence electrons. The number of aryl methyl sites for hydroxylation is 1. The van der Waals surface area contributed by atoms with E-state index in [1.807, 2.05) is 0 Å². The van der Waals surface area contributed by atoms with Crippen LogP contribution in [0.4, 0.5) is 0 Å². The van der Waals surface area contributed by atoms with Gasteiger partial charge in [-0.05, 0) is 31.0 Å². The predicted octanol–water partition coefficient (Wildman–Crippen LogP) is 2.25. The molecule has 1 aromatic heterocycles. The number of carbonyl (C=O) groups is 1. The van der Waals surface area contributed by atoms with E-state index >= 15 is 0 Å². The normalized spacial score (nSPS) is 10.6. The van der Waals surface area contributed by atoms with Crippen molar-refractivity contribution in [3.8, 4) is 5.75 Å². The van der Waals surface area contributed by atoms with Crippen molar-refractivity contribution in [2.24, 2.45) is 0 Å². The Labute approximate surface area is 121 Å². The molecule has 0 aliphatic rings. The van der Waals surface area contributed by atoms with E-state index in [0.717, 1.165) is 0 Å². The number of methoxy groups -OCH3 is 1. The lowest BCUT2D eigenvalue weighted by Gasteiger charge is -2.10. The summed E-state index contributed by atoms with van der Waals surface area (Å²) in [5.74, 6) is -0.458. The molecule has 0 aliphatic heterocycles. The number of hydrogen-bond donors (Lipinski definition) is 1. The van der Waals surface area contributed by atoms with Crippen LogP contribution in [0.15, 0.2) is 34.0 Å². The molecular weight excluding hydrogens is 272 g/mol. The summed E-state index contributed by atoms with van der Waals surface area (Å²) >= 11 is 0. The van der Waals surface area contributed by atoms with Crippen LogP contribution in [0.3, 0.4) is 0 Å². The first-order valence-electron chi connectivity index (χ1n) is 6.44. The van der Waals surface area contributed by atoms with Crippen LogP contribution in [0.1, 0.15) is 16.7 Å². The minimum atomic E-state index is -0.596. The second kappa shape index (κ2) is 5.83. The molecule has 0 spiro atoms. The fourth-order valence-electron chi connectivity index (χ4n) is 2.26. The lowest BCUT2D eigenvalue weighted by molar-refractivity contribution is -0.139. The van der Waals surface area contributed by atoms with E-state index in [1.165, 1.54) is 13.2 Å². The molecule has 5 nitrogen and oxygen atoms in total. The number of benzene rings is 1. The average Bonchev–Trinajstić information content (AvgIpc) is 2.46. The summed E-state index contributed by atoms with van der Waals surface area (Å²) in [4.78, 5) is 23.5. The molecule has 0 atom stereocenters. The molecule has 2 aromatic rings. The zero-order chi connectivity index (χ0) is 15.6. The van der Waals surface area contributed by atoms with Gasteiger partial charge in [0.25, 0.3) is 0 Å². The van der Waals surface area contributed by atoms with Crippen LogP contribution in [0.2, 0.25) is 0 Å². The molecule has 1 N–H and O–H groups in total. The molecule has 1 aromatic carbocycles. The highest BCUT2D eigenvalue weighted by Crippen LogP contribution is 2.30. The van der Waals surface area contributed by atoms with Crippen molar-refractivity contribution in [2.75, 3.05) is 7.11 Å². The number of carbonyl (C=O) groups excluding carboxylic acids is 1. The molecule has 0 bridgehead atoms. The molecule has 0 radical (unpaired) electrons. The number of allylic oxidation sites excluding steroid dienone is 1. The van der Waals surface area contributed by atoms with Gasteiger partial charge in [0.15, 0.2) is 0 Å². The summed E-state index contributed by atoms with van der Waals surface area (Å²) in [6.07, 6.45) is 1.85. The number of phenols is 1. The van der Waals surface area contributed by atoms with Crippen LogP contribution in [0.5, 0.6) is 5.75 Å². The summed E-state index contributed by atoms with van der Waals surface area (Å²) in [5, 5.41) is 10.6. The van der Waals surface area contributed by atoms with E-state index in [-0.39, 0.29) is 17.7 Å². The molecule has 0 aliphatic carbocycles. The second-order valence-electron chi connectivity index (χ2n) is 4.68. The fourth-order valence-corrected chi connectivity index (χ4v) is 2.26. The number of ether oxygens (including phenoxy) is 1. The number of esters is 1. The SMILES string of the molecule is C=CCc1c(O)ccc2c(C)c(CC(=O)OC)c(=O)oc12. The Morgan fingerprint density at radius 3 is 2.76 bits per heavy atom. The molecule has 0 saturated heterocycles. The summed E-state index contributed by atoms with van der Waals surface area (Å²) in [5.41, 5.74) is 1.15. The summed E-state index contributed by atoms with van der Waals surface area (Å²) in [6.45, 7) is 5.37. The maximum Gasteiger partial charge on any atom is 0.340 e. The first-order valence-corrected chi connectivity index (χ1v) is 6.44. The first kappa shape index (κ1) is 14.8. The zero-order valence-electron chi connectivity index (χ0n) is 11.9. The molecule has 0 amide bonds. The summed E-state index contributed by atoms with van der Waals surface area (Å²) < 4.78 is 9.90. The van der Waals surface area contributed by atoms with Crippen LogP contribution >= 0.6 is 0 Å². The molecular formula is C16H16O5. The van der Waals surface area contributed by atoms with Crippen molar-refractivity contribution in [3.63, 3.8) is 0 Å². The maximum absolute atomic E-state index is 12.1. The Bertz CT molecular complexity index is 770. The minimum Gasteiger partial charge on any atom is -0.508 e. The molecule has 0 saturated carbocycles. The Balaban J connectivity index is 2.74. The van der Waals surface area contributed by atoms with E-state index in [2.05, 4.69) is 11.3 Å². The van der Waals surface area contributed by atoms with Gasteiger partial charge in [0.1, 0.15) is 11.3 Å². The zero-order valence-corrected chi connectivity index (χ0v) is 11.9. The van der Waals surface area contributed by atoms with Crippen molar-refractivity contribution in [3.05, 3.63) is 51.9 Å². The largest absolute Gasteiger partial charge is 0.508 e. The van der Waals surface area contributed by atoms with Gasteiger partial charge in [0.2, 0.25) is 0 Å². The van der Waals surface area contributed by atoms with Crippen LogP contribution in [0.25, 0.3) is 11.0 Å². The Kier molecular flexibility index (Phi) is 4.12. The van der Waals surface area contributed by atoms with E-state index < -0.39 is 11.6 Å². The molecule has 1 heterocycles. The maximum atomic E-state index is 12.1. The summed E-state index contributed by atoms with van der Waals surface area (Å²) in [7, 11) is 1.26. The molecule has 0 unspecified atom stereocenters. The van der Waals surface area contributed by atoms with Crippen LogP contribution in [-0.4, -0.2) is 18.2 Å². The van der Waals surface area contributed by atoms with Crippen molar-refractivity contribution in [1.82, 2.24) is 0 Å². The van der Waals surface area contributed by atoms with Gasteiger partial charge < -0.3 is 14.3 Å². The third kappa shape index (κ3) is 2.67. The van der Waals surface area contributed by atoms with Crippen LogP contribution in [0, 0.1) is 6.92 Å². The minimum absolute atomic E-state index is 0.0469. The number of fused-ring (bicyclic) bond motifs is 1. The lowest BCUT2D eigenvalue weighted by atomic mass is 10.00. The van der Waals surface area contributed by atoms with E-state index in [0.29, 0.717) is 28.5 Å². The number of phenolic OH excluding ortho intramolecular Hbond substituents is 1. The molecule has 21 heavy (non-hydrogen) atoms. The second-order valence-corrected chi connectivity index (χ2v) is 4.68. The van der Waals surface area contributed by atoms with Gasteiger partial charge in [-0.1, -0.05) is 6.08 Å². The van der Waals surface area contributed by atoms with Gasteiger partial charge in [0, 0.05) is 10.9 Å². The van der Waals surface area contributed by atoms with E-state index in [4.69, 9.17) is 4.42 Å². The van der Waals surface area contributed by atoms with E-state index in [9.17, 15) is 14.7 Å². The average molecular weight is 288 g/mol. The number of hydrogen-bond acceptors (Lipinski definition) is 5. The first-order chi connectivity index (χ1) is 9.99. The summed E-state index contributed by atoms with van der Waals surface area (Å²) in [6, 6.07) is 3.20.